The van der Waals surface area contributed by atoms with E-state index < -0.39 is 37.3 Å². The summed E-state index contributed by atoms with van der Waals surface area (Å²) in [6.07, 6.45) is -5.60. The van der Waals surface area contributed by atoms with E-state index in [-0.39, 0.29) is 29.0 Å². The van der Waals surface area contributed by atoms with Crippen LogP contribution < -0.4 is 0 Å². The van der Waals surface area contributed by atoms with Crippen LogP contribution in [0.1, 0.15) is 33.6 Å². The van der Waals surface area contributed by atoms with Crippen molar-refractivity contribution in [3.63, 3.8) is 0 Å². The average Bonchev–Trinajstić information content (AvgIpc) is 2.78. The van der Waals surface area contributed by atoms with Crippen molar-refractivity contribution in [3.8, 4) is 0 Å². The summed E-state index contributed by atoms with van der Waals surface area (Å²) in [6.45, 7) is 5.83. The first-order valence-corrected chi connectivity index (χ1v) is 8.27. The number of aliphatic hydroxyl groups is 5. The molecule has 2 saturated carbocycles. The highest BCUT2D eigenvalue weighted by Crippen LogP contribution is 2.66. The largest absolute Gasteiger partial charge is 0.394 e. The number of hydrogen-bond donors (Lipinski definition) is 5. The predicted octanol–water partition coefficient (Wildman–Crippen LogP) is -1.01. The van der Waals surface area contributed by atoms with E-state index in [0.29, 0.717) is 12.8 Å². The number of fused-ring (bicyclic) bond motifs is 2. The smallest absolute Gasteiger partial charge is 0.186 e. The summed E-state index contributed by atoms with van der Waals surface area (Å²) < 4.78 is 11.4. The highest BCUT2D eigenvalue weighted by atomic mass is 16.7. The lowest BCUT2D eigenvalue weighted by Gasteiger charge is -2.44. The van der Waals surface area contributed by atoms with E-state index in [1.54, 1.807) is 0 Å². The van der Waals surface area contributed by atoms with Crippen LogP contribution in [0.5, 0.6) is 0 Å². The van der Waals surface area contributed by atoms with Crippen LogP contribution in [0.4, 0.5) is 0 Å². The summed E-state index contributed by atoms with van der Waals surface area (Å²) in [7, 11) is 0. The van der Waals surface area contributed by atoms with Crippen molar-refractivity contribution in [2.45, 2.75) is 76.5 Å². The van der Waals surface area contributed by atoms with Gasteiger partial charge in [-0.3, -0.25) is 0 Å². The Morgan fingerprint density at radius 1 is 1.04 bits per heavy atom. The van der Waals surface area contributed by atoms with Crippen molar-refractivity contribution in [1.82, 2.24) is 0 Å². The summed E-state index contributed by atoms with van der Waals surface area (Å²) in [5.41, 5.74) is -0.374. The van der Waals surface area contributed by atoms with Gasteiger partial charge in [-0.25, -0.2) is 0 Å². The molecule has 3 rings (SSSR count). The highest BCUT2D eigenvalue weighted by molar-refractivity contribution is 5.14. The third-order valence-corrected chi connectivity index (χ3v) is 6.82. The zero-order valence-corrected chi connectivity index (χ0v) is 13.8. The Labute approximate surface area is 135 Å². The quantitative estimate of drug-likeness (QED) is 0.449. The molecule has 3 fully saturated rings. The molecular formula is C16H28O7. The van der Waals surface area contributed by atoms with Crippen LogP contribution in [0.2, 0.25) is 0 Å². The van der Waals surface area contributed by atoms with Crippen molar-refractivity contribution < 1.29 is 35.0 Å². The second-order valence-corrected chi connectivity index (χ2v) is 8.07. The number of rotatable bonds is 3. The Morgan fingerprint density at radius 3 is 2.17 bits per heavy atom. The Morgan fingerprint density at radius 2 is 1.70 bits per heavy atom. The molecule has 1 saturated heterocycles. The fraction of sp³-hybridized carbons (Fsp3) is 1.00. The lowest BCUT2D eigenvalue weighted by atomic mass is 9.70. The van der Waals surface area contributed by atoms with Crippen LogP contribution in [0.3, 0.4) is 0 Å². The zero-order valence-electron chi connectivity index (χ0n) is 13.8. The van der Waals surface area contributed by atoms with Crippen molar-refractivity contribution in [2.24, 2.45) is 16.7 Å². The molecular weight excluding hydrogens is 304 g/mol. The van der Waals surface area contributed by atoms with Crippen LogP contribution >= 0.6 is 0 Å². The van der Waals surface area contributed by atoms with Crippen LogP contribution in [-0.2, 0) is 9.47 Å². The van der Waals surface area contributed by atoms with Gasteiger partial charge in [0, 0.05) is 5.41 Å². The second kappa shape index (κ2) is 5.62. The molecule has 1 heterocycles. The minimum absolute atomic E-state index is 0.106. The molecule has 134 valence electrons. The van der Waals surface area contributed by atoms with E-state index in [0.717, 1.165) is 0 Å². The van der Waals surface area contributed by atoms with Crippen LogP contribution in [0, 0.1) is 16.7 Å². The minimum Gasteiger partial charge on any atom is -0.394 e. The number of aliphatic hydroxyl groups excluding tert-OH is 5. The van der Waals surface area contributed by atoms with E-state index in [2.05, 4.69) is 20.8 Å². The normalized spacial score (nSPS) is 55.3. The molecule has 7 heteroatoms. The molecule has 5 N–H and O–H groups in total. The molecule has 0 unspecified atom stereocenters. The van der Waals surface area contributed by atoms with E-state index in [1.165, 1.54) is 0 Å². The molecule has 9 atom stereocenters. The minimum atomic E-state index is -1.43. The summed E-state index contributed by atoms with van der Waals surface area (Å²) in [5.74, 6) is 0.113. The first kappa shape index (κ1) is 17.5. The third-order valence-electron chi connectivity index (χ3n) is 6.82. The van der Waals surface area contributed by atoms with Gasteiger partial charge in [-0.2, -0.15) is 0 Å². The van der Waals surface area contributed by atoms with Gasteiger partial charge in [0.15, 0.2) is 6.29 Å². The molecule has 2 aliphatic carbocycles. The zero-order chi connectivity index (χ0) is 17.2. The lowest BCUT2D eigenvalue weighted by molar-refractivity contribution is -0.320. The maximum absolute atomic E-state index is 10.2. The molecule has 0 spiro atoms. The summed E-state index contributed by atoms with van der Waals surface area (Å²) in [4.78, 5) is 0. The molecule has 3 aliphatic rings. The van der Waals surface area contributed by atoms with E-state index >= 15 is 0 Å². The van der Waals surface area contributed by atoms with Gasteiger partial charge in [-0.15, -0.1) is 0 Å². The molecule has 7 nitrogen and oxygen atoms in total. The van der Waals surface area contributed by atoms with Gasteiger partial charge >= 0.3 is 0 Å². The van der Waals surface area contributed by atoms with Crippen LogP contribution in [0.25, 0.3) is 0 Å². The lowest BCUT2D eigenvalue weighted by Crippen LogP contribution is -2.60. The summed E-state index contributed by atoms with van der Waals surface area (Å²) >= 11 is 0. The number of ether oxygens (including phenoxy) is 2. The molecule has 2 bridgehead atoms. The Bertz CT molecular complexity index is 454. The fourth-order valence-corrected chi connectivity index (χ4v) is 4.78. The topological polar surface area (TPSA) is 120 Å². The maximum Gasteiger partial charge on any atom is 0.186 e. The molecule has 0 aromatic heterocycles. The Kier molecular flexibility index (Phi) is 4.29. The van der Waals surface area contributed by atoms with E-state index in [9.17, 15) is 25.5 Å². The van der Waals surface area contributed by atoms with E-state index in [1.807, 2.05) is 0 Å². The first-order valence-electron chi connectivity index (χ1n) is 8.27. The highest BCUT2D eigenvalue weighted by Gasteiger charge is 2.66. The molecule has 0 amide bonds. The van der Waals surface area contributed by atoms with Crippen LogP contribution in [-0.4, -0.2) is 75.1 Å². The van der Waals surface area contributed by atoms with Crippen LogP contribution in [0.15, 0.2) is 0 Å². The van der Waals surface area contributed by atoms with E-state index in [4.69, 9.17) is 9.47 Å². The molecule has 0 aromatic rings. The fourth-order valence-electron chi connectivity index (χ4n) is 4.78. The SMILES string of the molecule is CC1(C)[C@H]2C[C@@H](O[C@@H]3O[C@H](CO)[C@@H](O)[C@H](O)[C@H]3O)[C@]1(C)C[C@H]2O. The standard InChI is InChI=1S/C16H28O7/c1-15(2)7-4-10(16(15,3)5-8(7)18)23-14-13(21)12(20)11(19)9(6-17)22-14/h7-14,17-21H,4-6H2,1-3H3/t7-,8+,9+,10+,11+,12-,13+,14-,16-/m0/s1. The predicted molar refractivity (Wildman–Crippen MR) is 79.3 cm³/mol. The average molecular weight is 332 g/mol. The maximum atomic E-state index is 10.2. The molecule has 0 aromatic carbocycles. The van der Waals surface area contributed by atoms with Crippen molar-refractivity contribution in [3.05, 3.63) is 0 Å². The Hall–Kier alpha value is -0.280. The van der Waals surface area contributed by atoms with Gasteiger partial charge in [-0.05, 0) is 24.2 Å². The van der Waals surface area contributed by atoms with Gasteiger partial charge in [0.1, 0.15) is 24.4 Å². The van der Waals surface area contributed by atoms with Gasteiger partial charge in [-0.1, -0.05) is 20.8 Å². The van der Waals surface area contributed by atoms with Gasteiger partial charge < -0.3 is 35.0 Å². The van der Waals surface area contributed by atoms with Crippen molar-refractivity contribution >= 4 is 0 Å². The Balaban J connectivity index is 1.75. The molecule has 23 heavy (non-hydrogen) atoms. The number of hydrogen-bond acceptors (Lipinski definition) is 7. The second-order valence-electron chi connectivity index (χ2n) is 8.07. The van der Waals surface area contributed by atoms with Crippen molar-refractivity contribution in [2.75, 3.05) is 6.61 Å². The van der Waals surface area contributed by atoms with Gasteiger partial charge in [0.25, 0.3) is 0 Å². The monoisotopic (exact) mass is 332 g/mol. The summed E-state index contributed by atoms with van der Waals surface area (Å²) in [5, 5.41) is 49.3. The summed E-state index contributed by atoms with van der Waals surface area (Å²) in [6, 6.07) is 0. The van der Waals surface area contributed by atoms with Gasteiger partial charge in [0.05, 0.1) is 18.8 Å². The molecule has 0 radical (unpaired) electrons. The first-order chi connectivity index (χ1) is 10.6. The van der Waals surface area contributed by atoms with Crippen molar-refractivity contribution in [1.29, 1.82) is 0 Å². The molecule has 1 aliphatic heterocycles. The third kappa shape index (κ3) is 2.37. The van der Waals surface area contributed by atoms with Gasteiger partial charge in [0.2, 0.25) is 0 Å².